The molecule has 0 unspecified atom stereocenters. The van der Waals surface area contributed by atoms with Crippen molar-refractivity contribution in [3.05, 3.63) is 42.6 Å². The van der Waals surface area contributed by atoms with Gasteiger partial charge in [0.15, 0.2) is 0 Å². The fourth-order valence-electron chi connectivity index (χ4n) is 1.75. The summed E-state index contributed by atoms with van der Waals surface area (Å²) < 4.78 is 1.78. The van der Waals surface area contributed by atoms with Gasteiger partial charge in [0, 0.05) is 17.8 Å². The first-order chi connectivity index (χ1) is 9.16. The van der Waals surface area contributed by atoms with Crippen molar-refractivity contribution in [2.24, 2.45) is 0 Å². The van der Waals surface area contributed by atoms with Crippen LogP contribution in [-0.4, -0.2) is 22.2 Å². The second-order valence-corrected chi connectivity index (χ2v) is 4.52. The number of nitrogens with zero attached hydrogens (tertiary/aromatic N) is 2. The lowest BCUT2D eigenvalue weighted by atomic mass is 10.3. The van der Waals surface area contributed by atoms with Crippen molar-refractivity contribution in [2.45, 2.75) is 19.9 Å². The number of benzene rings is 1. The predicted octanol–water partition coefficient (Wildman–Crippen LogP) is 2.51. The van der Waals surface area contributed by atoms with E-state index in [0.29, 0.717) is 0 Å². The van der Waals surface area contributed by atoms with E-state index < -0.39 is 0 Å². The molecule has 2 rings (SSSR count). The number of carbonyl (C=O) groups excluding carboxylic acids is 1. The summed E-state index contributed by atoms with van der Waals surface area (Å²) in [6.07, 6.45) is 1.68. The first-order valence-corrected chi connectivity index (χ1v) is 6.29. The van der Waals surface area contributed by atoms with E-state index in [-0.39, 0.29) is 18.5 Å². The Balaban J connectivity index is 1.89. The van der Waals surface area contributed by atoms with Crippen LogP contribution in [0, 0.1) is 0 Å². The maximum absolute atomic E-state index is 11.8. The van der Waals surface area contributed by atoms with E-state index in [4.69, 9.17) is 0 Å². The molecule has 100 valence electrons. The minimum absolute atomic E-state index is 0.0914. The van der Waals surface area contributed by atoms with E-state index in [2.05, 4.69) is 15.7 Å². The van der Waals surface area contributed by atoms with Crippen LogP contribution in [0.4, 0.5) is 11.5 Å². The zero-order valence-electron chi connectivity index (χ0n) is 11.1. The zero-order valence-corrected chi connectivity index (χ0v) is 11.1. The van der Waals surface area contributed by atoms with Crippen LogP contribution in [0.15, 0.2) is 42.6 Å². The van der Waals surface area contributed by atoms with Gasteiger partial charge >= 0.3 is 0 Å². The van der Waals surface area contributed by atoms with Crippen LogP contribution in [0.25, 0.3) is 0 Å². The quantitative estimate of drug-likeness (QED) is 0.866. The number of carbonyl (C=O) groups is 1. The molecule has 0 aliphatic heterocycles. The Hall–Kier alpha value is -2.30. The third-order valence-corrected chi connectivity index (χ3v) is 2.65. The standard InChI is InChI=1S/C14H18N4O/c1-11(2)18-13(8-9-16-18)17-14(19)10-15-12-6-4-3-5-7-12/h3-9,11,15H,10H2,1-2H3,(H,17,19). The topological polar surface area (TPSA) is 59.0 Å². The molecule has 0 radical (unpaired) electrons. The normalized spacial score (nSPS) is 10.5. The molecule has 1 heterocycles. The summed E-state index contributed by atoms with van der Waals surface area (Å²) in [7, 11) is 0. The molecule has 0 bridgehead atoms. The summed E-state index contributed by atoms with van der Waals surface area (Å²) in [6, 6.07) is 11.6. The van der Waals surface area contributed by atoms with Gasteiger partial charge in [-0.05, 0) is 26.0 Å². The summed E-state index contributed by atoms with van der Waals surface area (Å²) in [6.45, 7) is 4.27. The van der Waals surface area contributed by atoms with Gasteiger partial charge in [0.25, 0.3) is 0 Å². The van der Waals surface area contributed by atoms with Crippen LogP contribution in [0.3, 0.4) is 0 Å². The molecule has 19 heavy (non-hydrogen) atoms. The molecule has 0 fully saturated rings. The summed E-state index contributed by atoms with van der Waals surface area (Å²) >= 11 is 0. The van der Waals surface area contributed by atoms with Gasteiger partial charge in [0.05, 0.1) is 12.7 Å². The van der Waals surface area contributed by atoms with E-state index in [9.17, 15) is 4.79 Å². The molecule has 2 aromatic rings. The highest BCUT2D eigenvalue weighted by molar-refractivity contribution is 5.93. The molecule has 0 spiro atoms. The Kier molecular flexibility index (Phi) is 4.18. The van der Waals surface area contributed by atoms with Gasteiger partial charge in [-0.25, -0.2) is 4.68 Å². The molecule has 1 aromatic carbocycles. The number of anilines is 2. The predicted molar refractivity (Wildman–Crippen MR) is 76.2 cm³/mol. The number of amides is 1. The van der Waals surface area contributed by atoms with Gasteiger partial charge in [0.2, 0.25) is 5.91 Å². The maximum Gasteiger partial charge on any atom is 0.244 e. The Labute approximate surface area is 112 Å². The molecule has 0 saturated carbocycles. The Morgan fingerprint density at radius 2 is 2.00 bits per heavy atom. The van der Waals surface area contributed by atoms with Gasteiger partial charge < -0.3 is 10.6 Å². The number of aromatic nitrogens is 2. The van der Waals surface area contributed by atoms with Crippen LogP contribution in [0.1, 0.15) is 19.9 Å². The van der Waals surface area contributed by atoms with E-state index in [1.165, 1.54) is 0 Å². The highest BCUT2D eigenvalue weighted by Crippen LogP contribution is 2.12. The van der Waals surface area contributed by atoms with Crippen molar-refractivity contribution >= 4 is 17.4 Å². The molecule has 0 aliphatic rings. The Morgan fingerprint density at radius 1 is 1.26 bits per heavy atom. The number of hydrogen-bond acceptors (Lipinski definition) is 3. The van der Waals surface area contributed by atoms with Crippen molar-refractivity contribution < 1.29 is 4.79 Å². The zero-order chi connectivity index (χ0) is 13.7. The van der Waals surface area contributed by atoms with Crippen molar-refractivity contribution in [1.29, 1.82) is 0 Å². The smallest absolute Gasteiger partial charge is 0.244 e. The van der Waals surface area contributed by atoms with Crippen LogP contribution < -0.4 is 10.6 Å². The average molecular weight is 258 g/mol. The maximum atomic E-state index is 11.8. The highest BCUT2D eigenvalue weighted by Gasteiger charge is 2.08. The number of rotatable bonds is 5. The molecule has 1 aromatic heterocycles. The van der Waals surface area contributed by atoms with Gasteiger partial charge in [-0.3, -0.25) is 4.79 Å². The summed E-state index contributed by atoms with van der Waals surface area (Å²) in [5.41, 5.74) is 0.926. The minimum Gasteiger partial charge on any atom is -0.376 e. The van der Waals surface area contributed by atoms with E-state index >= 15 is 0 Å². The van der Waals surface area contributed by atoms with Crippen LogP contribution in [0.5, 0.6) is 0 Å². The molecular formula is C14H18N4O. The van der Waals surface area contributed by atoms with Gasteiger partial charge in [0.1, 0.15) is 5.82 Å². The summed E-state index contributed by atoms with van der Waals surface area (Å²) in [5.74, 6) is 0.626. The van der Waals surface area contributed by atoms with E-state index in [1.807, 2.05) is 44.2 Å². The van der Waals surface area contributed by atoms with Gasteiger partial charge in [-0.2, -0.15) is 5.10 Å². The van der Waals surface area contributed by atoms with Crippen molar-refractivity contribution in [3.8, 4) is 0 Å². The van der Waals surface area contributed by atoms with Crippen molar-refractivity contribution in [1.82, 2.24) is 9.78 Å². The van der Waals surface area contributed by atoms with Crippen molar-refractivity contribution in [3.63, 3.8) is 0 Å². The second kappa shape index (κ2) is 6.04. The lowest BCUT2D eigenvalue weighted by Gasteiger charge is -2.12. The molecule has 2 N–H and O–H groups in total. The van der Waals surface area contributed by atoms with Crippen LogP contribution >= 0.6 is 0 Å². The fourth-order valence-corrected chi connectivity index (χ4v) is 1.75. The molecule has 1 amide bonds. The van der Waals surface area contributed by atoms with Gasteiger partial charge in [-0.1, -0.05) is 18.2 Å². The third kappa shape index (κ3) is 3.58. The second-order valence-electron chi connectivity index (χ2n) is 4.52. The Bertz CT molecular complexity index is 533. The van der Waals surface area contributed by atoms with Crippen molar-refractivity contribution in [2.75, 3.05) is 17.2 Å². The summed E-state index contributed by atoms with van der Waals surface area (Å²) in [4.78, 5) is 11.8. The van der Waals surface area contributed by atoms with E-state index in [1.54, 1.807) is 16.9 Å². The third-order valence-electron chi connectivity index (χ3n) is 2.65. The van der Waals surface area contributed by atoms with E-state index in [0.717, 1.165) is 11.5 Å². The number of hydrogen-bond donors (Lipinski definition) is 2. The first kappa shape index (κ1) is 13.1. The van der Waals surface area contributed by atoms with Crippen LogP contribution in [0.2, 0.25) is 0 Å². The van der Waals surface area contributed by atoms with Gasteiger partial charge in [-0.15, -0.1) is 0 Å². The average Bonchev–Trinajstić information content (AvgIpc) is 2.86. The molecule has 0 atom stereocenters. The molecule has 0 aliphatic carbocycles. The summed E-state index contributed by atoms with van der Waals surface area (Å²) in [5, 5.41) is 10.1. The number of nitrogens with one attached hydrogen (secondary N) is 2. The monoisotopic (exact) mass is 258 g/mol. The van der Waals surface area contributed by atoms with Crippen LogP contribution in [-0.2, 0) is 4.79 Å². The highest BCUT2D eigenvalue weighted by atomic mass is 16.2. The lowest BCUT2D eigenvalue weighted by Crippen LogP contribution is -2.23. The molecular weight excluding hydrogens is 240 g/mol. The first-order valence-electron chi connectivity index (χ1n) is 6.29. The Morgan fingerprint density at radius 3 is 2.68 bits per heavy atom. The molecule has 0 saturated heterocycles. The lowest BCUT2D eigenvalue weighted by molar-refractivity contribution is -0.114. The fraction of sp³-hybridized carbons (Fsp3) is 0.286. The molecule has 5 nitrogen and oxygen atoms in total. The molecule has 5 heteroatoms. The SMILES string of the molecule is CC(C)n1nccc1NC(=O)CNc1ccccc1. The minimum atomic E-state index is -0.0914. The largest absolute Gasteiger partial charge is 0.376 e. The number of para-hydroxylation sites is 1.